The van der Waals surface area contributed by atoms with E-state index in [1.807, 2.05) is 0 Å². The highest BCUT2D eigenvalue weighted by Gasteiger charge is 2.11. The third-order valence-corrected chi connectivity index (χ3v) is 2.03. The number of carboxylic acids is 1. The SMILES string of the molecule is O=C(O)CCCNC(=O)c1ccc(F)cc1F. The second kappa shape index (κ2) is 5.93. The van der Waals surface area contributed by atoms with E-state index in [0.717, 1.165) is 12.1 Å². The Balaban J connectivity index is 2.50. The van der Waals surface area contributed by atoms with Crippen molar-refractivity contribution < 1.29 is 23.5 Å². The molecule has 6 heteroatoms. The maximum Gasteiger partial charge on any atom is 0.303 e. The lowest BCUT2D eigenvalue weighted by Crippen LogP contribution is -2.25. The summed E-state index contributed by atoms with van der Waals surface area (Å²) in [5, 5.41) is 10.7. The molecule has 0 saturated heterocycles. The summed E-state index contributed by atoms with van der Waals surface area (Å²) in [4.78, 5) is 21.6. The van der Waals surface area contributed by atoms with E-state index in [0.29, 0.717) is 6.07 Å². The van der Waals surface area contributed by atoms with Crippen LogP contribution in [0.3, 0.4) is 0 Å². The topological polar surface area (TPSA) is 66.4 Å². The lowest BCUT2D eigenvalue weighted by Gasteiger charge is -2.05. The first-order chi connectivity index (χ1) is 8.00. The Morgan fingerprint density at radius 1 is 1.29 bits per heavy atom. The van der Waals surface area contributed by atoms with Crippen LogP contribution in [0, 0.1) is 11.6 Å². The van der Waals surface area contributed by atoms with E-state index in [4.69, 9.17) is 5.11 Å². The molecule has 1 amide bonds. The van der Waals surface area contributed by atoms with E-state index >= 15 is 0 Å². The van der Waals surface area contributed by atoms with Crippen LogP contribution in [0.1, 0.15) is 23.2 Å². The summed E-state index contributed by atoms with van der Waals surface area (Å²) in [6.07, 6.45) is 0.177. The first kappa shape index (κ1) is 13.1. The molecule has 0 aliphatic heterocycles. The molecule has 0 saturated carbocycles. The average Bonchev–Trinajstić information content (AvgIpc) is 2.23. The predicted molar refractivity (Wildman–Crippen MR) is 55.6 cm³/mol. The van der Waals surface area contributed by atoms with Gasteiger partial charge in [-0.1, -0.05) is 0 Å². The van der Waals surface area contributed by atoms with Crippen LogP contribution in [0.2, 0.25) is 0 Å². The molecule has 0 aliphatic rings. The van der Waals surface area contributed by atoms with Crippen molar-refractivity contribution in [2.24, 2.45) is 0 Å². The summed E-state index contributed by atoms with van der Waals surface area (Å²) in [5.74, 6) is -3.36. The van der Waals surface area contributed by atoms with Crippen molar-refractivity contribution in [3.63, 3.8) is 0 Å². The Hall–Kier alpha value is -1.98. The molecular formula is C11H11F2NO3. The van der Waals surface area contributed by atoms with Crippen LogP contribution in [0.5, 0.6) is 0 Å². The summed E-state index contributed by atoms with van der Waals surface area (Å²) < 4.78 is 25.7. The maximum atomic E-state index is 13.1. The summed E-state index contributed by atoms with van der Waals surface area (Å²) in [5.41, 5.74) is -0.262. The van der Waals surface area contributed by atoms with Crippen molar-refractivity contribution in [3.05, 3.63) is 35.4 Å². The molecule has 0 spiro atoms. The molecule has 0 heterocycles. The van der Waals surface area contributed by atoms with Gasteiger partial charge in [-0.3, -0.25) is 9.59 Å². The summed E-state index contributed by atoms with van der Waals surface area (Å²) in [7, 11) is 0. The Bertz CT molecular complexity index is 435. The molecule has 0 aliphatic carbocycles. The normalized spacial score (nSPS) is 10.0. The van der Waals surface area contributed by atoms with Gasteiger partial charge in [-0.25, -0.2) is 8.78 Å². The minimum Gasteiger partial charge on any atom is -0.481 e. The van der Waals surface area contributed by atoms with Gasteiger partial charge in [0.1, 0.15) is 11.6 Å². The molecule has 2 N–H and O–H groups in total. The number of benzene rings is 1. The molecule has 0 unspecified atom stereocenters. The number of hydrogen-bond donors (Lipinski definition) is 2. The van der Waals surface area contributed by atoms with Gasteiger partial charge >= 0.3 is 5.97 Å². The number of aliphatic carboxylic acids is 1. The summed E-state index contributed by atoms with van der Waals surface area (Å²) in [6.45, 7) is 0.127. The van der Waals surface area contributed by atoms with Crippen molar-refractivity contribution in [2.45, 2.75) is 12.8 Å². The van der Waals surface area contributed by atoms with Gasteiger partial charge in [0, 0.05) is 19.0 Å². The number of carbonyl (C=O) groups is 2. The van der Waals surface area contributed by atoms with Gasteiger partial charge < -0.3 is 10.4 Å². The second-order valence-corrected chi connectivity index (χ2v) is 3.38. The second-order valence-electron chi connectivity index (χ2n) is 3.38. The number of nitrogens with one attached hydrogen (secondary N) is 1. The fourth-order valence-corrected chi connectivity index (χ4v) is 1.21. The summed E-state index contributed by atoms with van der Waals surface area (Å²) in [6, 6.07) is 2.64. The molecule has 1 aromatic rings. The third-order valence-electron chi connectivity index (χ3n) is 2.03. The molecule has 0 fully saturated rings. The van der Waals surface area contributed by atoms with Crippen molar-refractivity contribution in [1.82, 2.24) is 5.32 Å². The zero-order valence-electron chi connectivity index (χ0n) is 8.87. The van der Waals surface area contributed by atoms with E-state index in [9.17, 15) is 18.4 Å². The van der Waals surface area contributed by atoms with Crippen molar-refractivity contribution in [1.29, 1.82) is 0 Å². The smallest absolute Gasteiger partial charge is 0.303 e. The lowest BCUT2D eigenvalue weighted by atomic mass is 10.2. The van der Waals surface area contributed by atoms with Crippen molar-refractivity contribution >= 4 is 11.9 Å². The zero-order valence-corrected chi connectivity index (χ0v) is 8.87. The van der Waals surface area contributed by atoms with E-state index in [-0.39, 0.29) is 24.9 Å². The molecule has 0 radical (unpaired) electrons. The molecule has 0 aromatic heterocycles. The summed E-state index contributed by atoms with van der Waals surface area (Å²) >= 11 is 0. The van der Waals surface area contributed by atoms with Crippen LogP contribution in [0.15, 0.2) is 18.2 Å². The molecule has 1 aromatic carbocycles. The van der Waals surface area contributed by atoms with E-state index in [1.54, 1.807) is 0 Å². The van der Waals surface area contributed by atoms with Crippen molar-refractivity contribution in [2.75, 3.05) is 6.54 Å². The number of carboxylic acid groups (broad SMARTS) is 1. The van der Waals surface area contributed by atoms with Crippen LogP contribution >= 0.6 is 0 Å². The van der Waals surface area contributed by atoms with Crippen LogP contribution in [-0.2, 0) is 4.79 Å². The highest BCUT2D eigenvalue weighted by molar-refractivity contribution is 5.94. The van der Waals surface area contributed by atoms with Crippen LogP contribution in [0.25, 0.3) is 0 Å². The maximum absolute atomic E-state index is 13.1. The molecule has 1 rings (SSSR count). The average molecular weight is 243 g/mol. The van der Waals surface area contributed by atoms with Crippen LogP contribution in [-0.4, -0.2) is 23.5 Å². The minimum absolute atomic E-state index is 0.0772. The minimum atomic E-state index is -0.966. The van der Waals surface area contributed by atoms with Gasteiger partial charge in [0.2, 0.25) is 0 Å². The highest BCUT2D eigenvalue weighted by Crippen LogP contribution is 2.09. The Kier molecular flexibility index (Phi) is 4.56. The van der Waals surface area contributed by atoms with E-state index in [1.165, 1.54) is 0 Å². The predicted octanol–water partition coefficient (Wildman–Crippen LogP) is 1.56. The van der Waals surface area contributed by atoms with Gasteiger partial charge in [-0.05, 0) is 18.6 Å². The third kappa shape index (κ3) is 4.18. The van der Waals surface area contributed by atoms with Gasteiger partial charge in [-0.15, -0.1) is 0 Å². The van der Waals surface area contributed by atoms with Crippen molar-refractivity contribution in [3.8, 4) is 0 Å². The zero-order chi connectivity index (χ0) is 12.8. The number of halogens is 2. The molecule has 0 atom stereocenters. The van der Waals surface area contributed by atoms with Gasteiger partial charge in [0.05, 0.1) is 5.56 Å². The Morgan fingerprint density at radius 2 is 2.00 bits per heavy atom. The molecule has 4 nitrogen and oxygen atoms in total. The fourth-order valence-electron chi connectivity index (χ4n) is 1.21. The van der Waals surface area contributed by atoms with Gasteiger partial charge in [0.25, 0.3) is 5.91 Å². The monoisotopic (exact) mass is 243 g/mol. The van der Waals surface area contributed by atoms with Gasteiger partial charge in [0.15, 0.2) is 0 Å². The van der Waals surface area contributed by atoms with Crippen LogP contribution in [0.4, 0.5) is 8.78 Å². The Morgan fingerprint density at radius 3 is 2.59 bits per heavy atom. The fraction of sp³-hybridized carbons (Fsp3) is 0.273. The Labute approximate surface area is 96.3 Å². The van der Waals surface area contributed by atoms with E-state index in [2.05, 4.69) is 5.32 Å². The highest BCUT2D eigenvalue weighted by atomic mass is 19.1. The largest absolute Gasteiger partial charge is 0.481 e. The quantitative estimate of drug-likeness (QED) is 0.771. The van der Waals surface area contributed by atoms with Gasteiger partial charge in [-0.2, -0.15) is 0 Å². The molecule has 17 heavy (non-hydrogen) atoms. The molecule has 0 bridgehead atoms. The lowest BCUT2D eigenvalue weighted by molar-refractivity contribution is -0.137. The molecular weight excluding hydrogens is 232 g/mol. The standard InChI is InChI=1S/C11H11F2NO3/c12-7-3-4-8(9(13)6-7)11(17)14-5-1-2-10(15)16/h3-4,6H,1-2,5H2,(H,14,17)(H,15,16). The number of hydrogen-bond acceptors (Lipinski definition) is 2. The van der Waals surface area contributed by atoms with E-state index < -0.39 is 23.5 Å². The first-order valence-electron chi connectivity index (χ1n) is 4.95. The first-order valence-corrected chi connectivity index (χ1v) is 4.95. The van der Waals surface area contributed by atoms with Crippen LogP contribution < -0.4 is 5.32 Å². The number of amides is 1. The number of rotatable bonds is 5. The molecule has 92 valence electrons. The number of carbonyl (C=O) groups excluding carboxylic acids is 1.